The van der Waals surface area contributed by atoms with E-state index in [0.29, 0.717) is 28.2 Å². The van der Waals surface area contributed by atoms with E-state index < -0.39 is 10.0 Å². The molecule has 2 N–H and O–H groups in total. The summed E-state index contributed by atoms with van der Waals surface area (Å²) >= 11 is 0. The minimum absolute atomic E-state index is 0.160. The predicted molar refractivity (Wildman–Crippen MR) is 101 cm³/mol. The van der Waals surface area contributed by atoms with Gasteiger partial charge in [-0.3, -0.25) is 9.89 Å². The van der Waals surface area contributed by atoms with Crippen LogP contribution in [0.1, 0.15) is 27.2 Å². The summed E-state index contributed by atoms with van der Waals surface area (Å²) in [5.41, 5.74) is 2.59. The van der Waals surface area contributed by atoms with Crippen molar-refractivity contribution in [2.75, 3.05) is 5.32 Å². The number of benzene rings is 2. The molecule has 0 radical (unpaired) electrons. The van der Waals surface area contributed by atoms with Crippen LogP contribution in [0.25, 0.3) is 0 Å². The molecule has 0 spiro atoms. The summed E-state index contributed by atoms with van der Waals surface area (Å²) in [6.45, 7) is 2.13. The van der Waals surface area contributed by atoms with Gasteiger partial charge >= 0.3 is 0 Å². The van der Waals surface area contributed by atoms with Gasteiger partial charge in [0.2, 0.25) is 10.0 Å². The number of aromatic nitrogens is 2. The second-order valence-electron chi connectivity index (χ2n) is 6.39. The van der Waals surface area contributed by atoms with E-state index in [1.165, 1.54) is 4.31 Å². The van der Waals surface area contributed by atoms with Crippen molar-refractivity contribution < 1.29 is 13.2 Å². The van der Waals surface area contributed by atoms with E-state index in [0.717, 1.165) is 0 Å². The molecule has 0 saturated carbocycles. The third-order valence-electron chi connectivity index (χ3n) is 4.60. The average Bonchev–Trinajstić information content (AvgIpc) is 3.25. The third-order valence-corrected chi connectivity index (χ3v) is 6.55. The van der Waals surface area contributed by atoms with Crippen LogP contribution in [0.4, 0.5) is 5.82 Å². The molecule has 1 aliphatic heterocycles. The van der Waals surface area contributed by atoms with Crippen molar-refractivity contribution in [1.82, 2.24) is 14.5 Å². The molecule has 0 bridgehead atoms. The van der Waals surface area contributed by atoms with E-state index in [1.807, 2.05) is 12.1 Å². The zero-order valence-electron chi connectivity index (χ0n) is 14.6. The van der Waals surface area contributed by atoms with Gasteiger partial charge in [-0.15, -0.1) is 0 Å². The molecule has 0 atom stereocenters. The number of carbonyl (C=O) groups is 1. The molecule has 0 saturated heterocycles. The topological polar surface area (TPSA) is 95.2 Å². The van der Waals surface area contributed by atoms with E-state index in [2.05, 4.69) is 15.5 Å². The maximum Gasteiger partial charge on any atom is 0.256 e. The number of sulfonamides is 1. The Morgan fingerprint density at radius 2 is 1.78 bits per heavy atom. The highest BCUT2D eigenvalue weighted by atomic mass is 32.2. The van der Waals surface area contributed by atoms with E-state index >= 15 is 0 Å². The molecule has 1 amide bonds. The number of aromatic amines is 1. The fraction of sp³-hybridized carbons (Fsp3) is 0.158. The average molecular weight is 382 g/mol. The number of H-pyrrole nitrogens is 1. The molecule has 8 heteroatoms. The van der Waals surface area contributed by atoms with Crippen molar-refractivity contribution in [2.24, 2.45) is 0 Å². The normalized spacial score (nSPS) is 14.1. The lowest BCUT2D eigenvalue weighted by Crippen LogP contribution is -2.27. The molecule has 138 valence electrons. The van der Waals surface area contributed by atoms with Crippen LogP contribution >= 0.6 is 0 Å². The lowest BCUT2D eigenvalue weighted by Gasteiger charge is -2.17. The minimum Gasteiger partial charge on any atom is -0.305 e. The molecule has 27 heavy (non-hydrogen) atoms. The summed E-state index contributed by atoms with van der Waals surface area (Å²) in [5.74, 6) is 0.0754. The number of fused-ring (bicyclic) bond motifs is 1. The quantitative estimate of drug-likeness (QED) is 0.725. The molecule has 0 aliphatic carbocycles. The molecular weight excluding hydrogens is 364 g/mol. The van der Waals surface area contributed by atoms with Crippen LogP contribution in [-0.4, -0.2) is 28.8 Å². The van der Waals surface area contributed by atoms with Gasteiger partial charge in [0.1, 0.15) is 0 Å². The number of aryl methyl sites for hydroxylation is 1. The van der Waals surface area contributed by atoms with Gasteiger partial charge in [-0.1, -0.05) is 36.4 Å². The number of nitrogens with zero attached hydrogens (tertiary/aromatic N) is 2. The summed E-state index contributed by atoms with van der Waals surface area (Å²) in [6, 6.07) is 15.7. The Morgan fingerprint density at radius 1 is 1.07 bits per heavy atom. The first kappa shape index (κ1) is 17.4. The first-order chi connectivity index (χ1) is 13.0. The maximum atomic E-state index is 13.0. The van der Waals surface area contributed by atoms with Gasteiger partial charge in [0.05, 0.1) is 17.1 Å². The van der Waals surface area contributed by atoms with Crippen LogP contribution in [0, 0.1) is 6.92 Å². The van der Waals surface area contributed by atoms with Crippen molar-refractivity contribution in [3.8, 4) is 0 Å². The summed E-state index contributed by atoms with van der Waals surface area (Å²) in [6.07, 6.45) is 0. The van der Waals surface area contributed by atoms with E-state index in [9.17, 15) is 13.2 Å². The van der Waals surface area contributed by atoms with Crippen LogP contribution in [0.2, 0.25) is 0 Å². The van der Waals surface area contributed by atoms with Gasteiger partial charge in [0.15, 0.2) is 5.82 Å². The molecule has 4 rings (SSSR count). The highest BCUT2D eigenvalue weighted by molar-refractivity contribution is 7.89. The van der Waals surface area contributed by atoms with Crippen LogP contribution in [0.15, 0.2) is 59.5 Å². The number of amides is 1. The molecule has 1 aliphatic rings. The summed E-state index contributed by atoms with van der Waals surface area (Å²) in [7, 11) is -3.63. The van der Waals surface area contributed by atoms with Gasteiger partial charge in [0, 0.05) is 17.7 Å². The van der Waals surface area contributed by atoms with Crippen molar-refractivity contribution in [3.05, 3.63) is 77.0 Å². The van der Waals surface area contributed by atoms with Crippen molar-refractivity contribution in [2.45, 2.75) is 24.9 Å². The lowest BCUT2D eigenvalue weighted by atomic mass is 10.2. The second-order valence-corrected chi connectivity index (χ2v) is 8.29. The third kappa shape index (κ3) is 3.13. The largest absolute Gasteiger partial charge is 0.305 e. The molecule has 1 aromatic heterocycles. The van der Waals surface area contributed by atoms with Crippen LogP contribution in [-0.2, 0) is 23.1 Å². The molecular formula is C19H18N4O3S. The van der Waals surface area contributed by atoms with E-state index in [1.54, 1.807) is 49.4 Å². The van der Waals surface area contributed by atoms with Gasteiger partial charge < -0.3 is 5.32 Å². The lowest BCUT2D eigenvalue weighted by molar-refractivity contribution is 0.102. The fourth-order valence-electron chi connectivity index (χ4n) is 3.14. The first-order valence-corrected chi connectivity index (χ1v) is 9.89. The molecule has 7 nitrogen and oxygen atoms in total. The van der Waals surface area contributed by atoms with Gasteiger partial charge in [-0.25, -0.2) is 8.42 Å². The maximum absolute atomic E-state index is 13.0. The Hall–Kier alpha value is -2.97. The Morgan fingerprint density at radius 3 is 2.52 bits per heavy atom. The standard InChI is InChI=1S/C19H18N4O3S/c1-13-7-5-6-10-17(13)27(25,26)23-11-15-16(12-23)21-22-18(15)20-19(24)14-8-3-2-4-9-14/h2-10H,11-12H2,1H3,(H2,20,21,22,24). The first-order valence-electron chi connectivity index (χ1n) is 8.45. The number of hydrogen-bond acceptors (Lipinski definition) is 4. The van der Waals surface area contributed by atoms with Gasteiger partial charge in [-0.05, 0) is 30.7 Å². The van der Waals surface area contributed by atoms with E-state index in [-0.39, 0.29) is 23.9 Å². The number of nitrogens with one attached hydrogen (secondary N) is 2. The number of anilines is 1. The van der Waals surface area contributed by atoms with Gasteiger partial charge in [-0.2, -0.15) is 9.40 Å². The van der Waals surface area contributed by atoms with Crippen LogP contribution in [0.5, 0.6) is 0 Å². The molecule has 0 fully saturated rings. The Bertz CT molecular complexity index is 1110. The Labute approximate surface area is 157 Å². The SMILES string of the molecule is Cc1ccccc1S(=O)(=O)N1Cc2[nH]nc(NC(=O)c3ccccc3)c2C1. The summed E-state index contributed by atoms with van der Waals surface area (Å²) < 4.78 is 27.3. The Balaban J connectivity index is 1.57. The van der Waals surface area contributed by atoms with Crippen molar-refractivity contribution in [1.29, 1.82) is 0 Å². The van der Waals surface area contributed by atoms with Gasteiger partial charge in [0.25, 0.3) is 5.91 Å². The zero-order valence-corrected chi connectivity index (χ0v) is 15.5. The molecule has 2 aromatic carbocycles. The number of carbonyl (C=O) groups excluding carboxylic acids is 1. The number of rotatable bonds is 4. The zero-order chi connectivity index (χ0) is 19.0. The fourth-order valence-corrected chi connectivity index (χ4v) is 4.74. The number of hydrogen-bond donors (Lipinski definition) is 2. The van der Waals surface area contributed by atoms with Crippen LogP contribution < -0.4 is 5.32 Å². The summed E-state index contributed by atoms with van der Waals surface area (Å²) in [4.78, 5) is 12.6. The Kier molecular flexibility index (Phi) is 4.29. The monoisotopic (exact) mass is 382 g/mol. The van der Waals surface area contributed by atoms with Crippen molar-refractivity contribution in [3.63, 3.8) is 0 Å². The van der Waals surface area contributed by atoms with Crippen molar-refractivity contribution >= 4 is 21.7 Å². The predicted octanol–water partition coefficient (Wildman–Crippen LogP) is 2.67. The smallest absolute Gasteiger partial charge is 0.256 e. The second kappa shape index (κ2) is 6.64. The van der Waals surface area contributed by atoms with Crippen LogP contribution in [0.3, 0.4) is 0 Å². The molecule has 3 aromatic rings. The molecule has 2 heterocycles. The minimum atomic E-state index is -3.63. The molecule has 0 unspecified atom stereocenters. The highest BCUT2D eigenvalue weighted by Crippen LogP contribution is 2.32. The highest BCUT2D eigenvalue weighted by Gasteiger charge is 2.34. The van der Waals surface area contributed by atoms with E-state index in [4.69, 9.17) is 0 Å². The summed E-state index contributed by atoms with van der Waals surface area (Å²) in [5, 5.41) is 9.73.